The summed E-state index contributed by atoms with van der Waals surface area (Å²) in [5.41, 5.74) is 3.21. The zero-order chi connectivity index (χ0) is 17.1. The van der Waals surface area contributed by atoms with E-state index < -0.39 is 0 Å². The zero-order valence-electron chi connectivity index (χ0n) is 14.0. The highest BCUT2D eigenvalue weighted by Crippen LogP contribution is 2.34. The third kappa shape index (κ3) is 3.81. The molecule has 2 aromatic carbocycles. The smallest absolute Gasteiger partial charge is 0.0626 e. The number of fused-ring (bicyclic) bond motifs is 1. The second-order valence-corrected chi connectivity index (χ2v) is 7.10. The number of nitrogens with one attached hydrogen (secondary N) is 1. The average Bonchev–Trinajstić information content (AvgIpc) is 2.96. The van der Waals surface area contributed by atoms with Crippen LogP contribution in [-0.2, 0) is 6.54 Å². The van der Waals surface area contributed by atoms with Crippen LogP contribution in [0.3, 0.4) is 0 Å². The van der Waals surface area contributed by atoms with Crippen LogP contribution in [0, 0.1) is 5.92 Å². The Balaban J connectivity index is 1.94. The number of hydrogen-bond donors (Lipinski definition) is 2. The van der Waals surface area contributed by atoms with E-state index in [4.69, 9.17) is 11.6 Å². The predicted molar refractivity (Wildman–Crippen MR) is 99.3 cm³/mol. The third-order valence-electron chi connectivity index (χ3n) is 4.28. The maximum absolute atomic E-state index is 10.8. The molecule has 4 heteroatoms. The fourth-order valence-electron chi connectivity index (χ4n) is 3.13. The minimum atomic E-state index is -0.0857. The van der Waals surface area contributed by atoms with Gasteiger partial charge in [0, 0.05) is 28.7 Å². The van der Waals surface area contributed by atoms with Crippen LogP contribution in [0.15, 0.2) is 54.7 Å². The lowest BCUT2D eigenvalue weighted by Crippen LogP contribution is -2.26. The van der Waals surface area contributed by atoms with Crippen molar-refractivity contribution in [2.45, 2.75) is 32.9 Å². The van der Waals surface area contributed by atoms with Crippen LogP contribution >= 0.6 is 11.6 Å². The summed E-state index contributed by atoms with van der Waals surface area (Å²) in [6.45, 7) is 4.84. The molecule has 126 valence electrons. The molecular formula is C20H23ClN2O. The maximum atomic E-state index is 10.8. The highest BCUT2D eigenvalue weighted by Gasteiger charge is 2.23. The largest absolute Gasteiger partial charge is 0.361 e. The van der Waals surface area contributed by atoms with Crippen LogP contribution in [-0.4, -0.2) is 15.3 Å². The first-order valence-electron chi connectivity index (χ1n) is 8.30. The molecule has 2 N–H and O–H groups in total. The third-order valence-corrected chi connectivity index (χ3v) is 4.51. The maximum Gasteiger partial charge on any atom is 0.0626 e. The molecule has 0 saturated carbocycles. The van der Waals surface area contributed by atoms with Gasteiger partial charge in [0.05, 0.1) is 6.04 Å². The summed E-state index contributed by atoms with van der Waals surface area (Å²) in [4.78, 5) is 3.29. The van der Waals surface area contributed by atoms with E-state index in [0.29, 0.717) is 17.5 Å². The Bertz CT molecular complexity index is 798. The van der Waals surface area contributed by atoms with Gasteiger partial charge in [0.15, 0.2) is 0 Å². The number of aromatic nitrogens is 1. The van der Waals surface area contributed by atoms with Gasteiger partial charge >= 0.3 is 0 Å². The van der Waals surface area contributed by atoms with E-state index in [-0.39, 0.29) is 6.04 Å². The van der Waals surface area contributed by atoms with E-state index >= 15 is 0 Å². The highest BCUT2D eigenvalue weighted by atomic mass is 35.5. The van der Waals surface area contributed by atoms with Crippen LogP contribution in [0.1, 0.15) is 37.4 Å². The standard InChI is InChI=1S/C20H23ClN2O/c1-14(2)10-20(23(24)13-15-6-4-3-5-7-15)18-12-22-19-9-8-16(21)11-17(18)19/h3-9,11-12,14,20,22,24H,10,13H2,1-2H3. The molecule has 0 fully saturated rings. The summed E-state index contributed by atoms with van der Waals surface area (Å²) in [6, 6.07) is 15.8. The van der Waals surface area contributed by atoms with Gasteiger partial charge in [-0.2, -0.15) is 5.06 Å². The van der Waals surface area contributed by atoms with Gasteiger partial charge in [-0.3, -0.25) is 0 Å². The molecule has 1 heterocycles. The molecule has 24 heavy (non-hydrogen) atoms. The molecule has 1 unspecified atom stereocenters. The van der Waals surface area contributed by atoms with Crippen molar-refractivity contribution in [3.8, 4) is 0 Å². The van der Waals surface area contributed by atoms with Crippen molar-refractivity contribution in [1.82, 2.24) is 10.0 Å². The molecular weight excluding hydrogens is 320 g/mol. The number of hydrogen-bond acceptors (Lipinski definition) is 2. The molecule has 0 radical (unpaired) electrons. The molecule has 0 aliphatic heterocycles. The number of rotatable bonds is 6. The summed E-state index contributed by atoms with van der Waals surface area (Å²) in [6.07, 6.45) is 2.85. The van der Waals surface area contributed by atoms with Gasteiger partial charge in [-0.15, -0.1) is 0 Å². The molecule has 3 nitrogen and oxygen atoms in total. The van der Waals surface area contributed by atoms with Crippen LogP contribution in [0.5, 0.6) is 0 Å². The van der Waals surface area contributed by atoms with Gasteiger partial charge in [-0.05, 0) is 41.7 Å². The number of halogens is 1. The highest BCUT2D eigenvalue weighted by molar-refractivity contribution is 6.31. The zero-order valence-corrected chi connectivity index (χ0v) is 14.8. The fraction of sp³-hybridized carbons (Fsp3) is 0.300. The second-order valence-electron chi connectivity index (χ2n) is 6.66. The monoisotopic (exact) mass is 342 g/mol. The molecule has 0 bridgehead atoms. The van der Waals surface area contributed by atoms with Gasteiger partial charge in [0.25, 0.3) is 0 Å². The first-order chi connectivity index (χ1) is 11.5. The van der Waals surface area contributed by atoms with Crippen molar-refractivity contribution in [2.75, 3.05) is 0 Å². The van der Waals surface area contributed by atoms with E-state index in [2.05, 4.69) is 18.8 Å². The van der Waals surface area contributed by atoms with E-state index in [9.17, 15) is 5.21 Å². The Labute approximate surface area is 147 Å². The molecule has 3 aromatic rings. The minimum Gasteiger partial charge on any atom is -0.361 e. The van der Waals surface area contributed by atoms with Crippen molar-refractivity contribution in [3.63, 3.8) is 0 Å². The minimum absolute atomic E-state index is 0.0857. The van der Waals surface area contributed by atoms with Crippen LogP contribution < -0.4 is 0 Å². The summed E-state index contributed by atoms with van der Waals surface area (Å²) < 4.78 is 0. The topological polar surface area (TPSA) is 39.3 Å². The first kappa shape index (κ1) is 17.0. The van der Waals surface area contributed by atoms with Crippen molar-refractivity contribution in [3.05, 3.63) is 70.9 Å². The summed E-state index contributed by atoms with van der Waals surface area (Å²) in [5, 5.41) is 14.0. The molecule has 1 aromatic heterocycles. The Hall–Kier alpha value is -1.81. The molecule has 3 rings (SSSR count). The molecule has 0 saturated heterocycles. The van der Waals surface area contributed by atoms with Crippen molar-refractivity contribution in [1.29, 1.82) is 0 Å². The van der Waals surface area contributed by atoms with E-state index in [1.807, 2.05) is 54.7 Å². The van der Waals surface area contributed by atoms with Crippen LogP contribution in [0.2, 0.25) is 5.02 Å². The number of hydroxylamine groups is 2. The lowest BCUT2D eigenvalue weighted by Gasteiger charge is -2.27. The Morgan fingerprint density at radius 2 is 1.88 bits per heavy atom. The van der Waals surface area contributed by atoms with E-state index in [1.165, 1.54) is 5.06 Å². The predicted octanol–water partition coefficient (Wildman–Crippen LogP) is 5.80. The normalized spacial score (nSPS) is 13.1. The summed E-state index contributed by atoms with van der Waals surface area (Å²) >= 11 is 6.18. The van der Waals surface area contributed by atoms with Crippen LogP contribution in [0.25, 0.3) is 10.9 Å². The lowest BCUT2D eigenvalue weighted by molar-refractivity contribution is -0.141. The van der Waals surface area contributed by atoms with E-state index in [1.54, 1.807) is 0 Å². The number of nitrogens with zero attached hydrogens (tertiary/aromatic N) is 1. The van der Waals surface area contributed by atoms with E-state index in [0.717, 1.165) is 28.5 Å². The number of aromatic amines is 1. The second kappa shape index (κ2) is 7.39. The van der Waals surface area contributed by atoms with Gasteiger partial charge in [-0.25, -0.2) is 0 Å². The van der Waals surface area contributed by atoms with Gasteiger partial charge in [0.2, 0.25) is 0 Å². The molecule has 0 aliphatic rings. The molecule has 1 atom stereocenters. The van der Waals surface area contributed by atoms with Gasteiger partial charge < -0.3 is 10.2 Å². The Kier molecular flexibility index (Phi) is 5.24. The van der Waals surface area contributed by atoms with Crippen molar-refractivity contribution >= 4 is 22.5 Å². The van der Waals surface area contributed by atoms with Crippen molar-refractivity contribution in [2.24, 2.45) is 5.92 Å². The molecule has 0 aliphatic carbocycles. The lowest BCUT2D eigenvalue weighted by atomic mass is 9.96. The van der Waals surface area contributed by atoms with Gasteiger partial charge in [-0.1, -0.05) is 55.8 Å². The quantitative estimate of drug-likeness (QED) is 0.556. The van der Waals surface area contributed by atoms with Crippen LogP contribution in [0.4, 0.5) is 0 Å². The first-order valence-corrected chi connectivity index (χ1v) is 8.68. The molecule has 0 amide bonds. The van der Waals surface area contributed by atoms with Gasteiger partial charge in [0.1, 0.15) is 0 Å². The number of H-pyrrole nitrogens is 1. The summed E-state index contributed by atoms with van der Waals surface area (Å²) in [7, 11) is 0. The average molecular weight is 343 g/mol. The molecule has 0 spiro atoms. The number of benzene rings is 2. The Morgan fingerprint density at radius 3 is 2.58 bits per heavy atom. The Morgan fingerprint density at radius 1 is 1.12 bits per heavy atom. The van der Waals surface area contributed by atoms with Crippen molar-refractivity contribution < 1.29 is 5.21 Å². The SMILES string of the molecule is CC(C)CC(c1c[nH]c2ccc(Cl)cc12)N(O)Cc1ccccc1. The fourth-order valence-corrected chi connectivity index (χ4v) is 3.30. The summed E-state index contributed by atoms with van der Waals surface area (Å²) in [5.74, 6) is 0.463.